The zero-order valence-corrected chi connectivity index (χ0v) is 18.5. The minimum absolute atomic E-state index is 0. The van der Waals surface area contributed by atoms with Gasteiger partial charge in [-0.25, -0.2) is 4.98 Å². The molecule has 1 amide bonds. The number of carbonyl (C=O) groups excluding carboxylic acids is 1. The molecule has 2 atom stereocenters. The number of nitrogens with one attached hydrogen (secondary N) is 2. The highest BCUT2D eigenvalue weighted by molar-refractivity contribution is 7.17. The number of aromatic nitrogens is 1. The Labute approximate surface area is 182 Å². The van der Waals surface area contributed by atoms with E-state index >= 15 is 0 Å². The lowest BCUT2D eigenvalue weighted by atomic mass is 10.00. The van der Waals surface area contributed by atoms with Crippen molar-refractivity contribution in [2.24, 2.45) is 0 Å². The first-order valence-corrected chi connectivity index (χ1v) is 10.2. The fourth-order valence-electron chi connectivity index (χ4n) is 4.02. The summed E-state index contributed by atoms with van der Waals surface area (Å²) in [4.78, 5) is 18.1. The van der Waals surface area contributed by atoms with Gasteiger partial charge in [0.25, 0.3) is 5.91 Å². The maximum atomic E-state index is 12.8. The van der Waals surface area contributed by atoms with Crippen LogP contribution in [0.2, 0.25) is 0 Å². The number of rotatable bonds is 5. The zero-order chi connectivity index (χ0) is 18.1. The van der Waals surface area contributed by atoms with Crippen LogP contribution in [0.25, 0.3) is 10.6 Å². The van der Waals surface area contributed by atoms with E-state index in [0.717, 1.165) is 39.7 Å². The van der Waals surface area contributed by atoms with Crippen molar-refractivity contribution in [3.63, 3.8) is 0 Å². The van der Waals surface area contributed by atoms with E-state index in [1.165, 1.54) is 24.2 Å². The Hall–Kier alpha value is -1.34. The molecule has 154 valence electrons. The van der Waals surface area contributed by atoms with Crippen LogP contribution in [0.5, 0.6) is 5.75 Å². The van der Waals surface area contributed by atoms with Crippen LogP contribution in [-0.2, 0) is 0 Å². The lowest BCUT2D eigenvalue weighted by molar-refractivity contribution is 0.0927. The molecule has 2 aliphatic heterocycles. The SMILES string of the molecule is CCOc1ccc(-c2nc(C)c(C(=O)NC3CC4CCC(C3)N4)s2)cc1.Cl.Cl. The maximum Gasteiger partial charge on any atom is 0.263 e. The van der Waals surface area contributed by atoms with Crippen LogP contribution >= 0.6 is 36.2 Å². The van der Waals surface area contributed by atoms with E-state index in [4.69, 9.17) is 4.74 Å². The van der Waals surface area contributed by atoms with Crippen LogP contribution < -0.4 is 15.4 Å². The van der Waals surface area contributed by atoms with Gasteiger partial charge in [0.2, 0.25) is 0 Å². The Kier molecular flexibility index (Phi) is 8.13. The van der Waals surface area contributed by atoms with Crippen molar-refractivity contribution in [1.29, 1.82) is 0 Å². The summed E-state index contributed by atoms with van der Waals surface area (Å²) in [6, 6.07) is 9.30. The summed E-state index contributed by atoms with van der Waals surface area (Å²) >= 11 is 1.47. The topological polar surface area (TPSA) is 63.2 Å². The molecule has 0 radical (unpaired) electrons. The van der Waals surface area contributed by atoms with Crippen LogP contribution in [0.15, 0.2) is 24.3 Å². The second-order valence-corrected chi connectivity index (χ2v) is 8.17. The fourth-order valence-corrected chi connectivity index (χ4v) is 4.99. The fraction of sp³-hybridized carbons (Fsp3) is 0.500. The average molecular weight is 444 g/mol. The van der Waals surface area contributed by atoms with E-state index in [2.05, 4.69) is 15.6 Å². The van der Waals surface area contributed by atoms with Crippen molar-refractivity contribution in [3.05, 3.63) is 34.8 Å². The largest absolute Gasteiger partial charge is 0.494 e. The molecule has 2 fully saturated rings. The number of piperidine rings is 1. The molecule has 4 rings (SSSR count). The van der Waals surface area contributed by atoms with Crippen molar-refractivity contribution < 1.29 is 9.53 Å². The minimum atomic E-state index is 0. The second kappa shape index (κ2) is 9.92. The monoisotopic (exact) mass is 443 g/mol. The quantitative estimate of drug-likeness (QED) is 0.719. The van der Waals surface area contributed by atoms with Crippen molar-refractivity contribution in [2.75, 3.05) is 6.61 Å². The van der Waals surface area contributed by atoms with Crippen LogP contribution in [-0.4, -0.2) is 35.6 Å². The number of carbonyl (C=O) groups is 1. The van der Waals surface area contributed by atoms with E-state index < -0.39 is 0 Å². The molecule has 1 aromatic carbocycles. The summed E-state index contributed by atoms with van der Waals surface area (Å²) in [6.07, 6.45) is 4.54. The number of hydrogen-bond acceptors (Lipinski definition) is 5. The number of amides is 1. The summed E-state index contributed by atoms with van der Waals surface area (Å²) in [5.74, 6) is 0.867. The molecular weight excluding hydrogens is 417 g/mol. The molecule has 2 bridgehead atoms. The molecular formula is C20H27Cl2N3O2S. The lowest BCUT2D eigenvalue weighted by Gasteiger charge is -2.29. The van der Waals surface area contributed by atoms with Gasteiger partial charge in [-0.1, -0.05) is 0 Å². The Morgan fingerprint density at radius 3 is 2.46 bits per heavy atom. The second-order valence-electron chi connectivity index (χ2n) is 7.17. The number of benzene rings is 1. The normalized spacial score (nSPS) is 22.7. The molecule has 0 spiro atoms. The first-order valence-electron chi connectivity index (χ1n) is 9.40. The Morgan fingerprint density at radius 1 is 1.21 bits per heavy atom. The van der Waals surface area contributed by atoms with E-state index in [9.17, 15) is 4.79 Å². The zero-order valence-electron chi connectivity index (χ0n) is 16.1. The van der Waals surface area contributed by atoms with Crippen molar-refractivity contribution in [2.45, 2.75) is 57.7 Å². The van der Waals surface area contributed by atoms with Gasteiger partial charge in [0.1, 0.15) is 15.6 Å². The molecule has 5 nitrogen and oxygen atoms in total. The average Bonchev–Trinajstić information content (AvgIpc) is 3.18. The molecule has 0 aliphatic carbocycles. The standard InChI is InChI=1S/C20H25N3O2S.2ClH/c1-3-25-17-8-4-13(5-9-17)20-21-12(2)18(26-20)19(24)23-16-10-14-6-7-15(11-16)22-14;;/h4-5,8-9,14-16,22H,3,6-7,10-11H2,1-2H3,(H,23,24);2*1H. The van der Waals surface area contributed by atoms with Gasteiger partial charge in [0, 0.05) is 23.7 Å². The summed E-state index contributed by atoms with van der Waals surface area (Å²) < 4.78 is 5.48. The molecule has 2 aliphatic rings. The van der Waals surface area contributed by atoms with Gasteiger partial charge in [-0.05, 0) is 63.8 Å². The highest BCUT2D eigenvalue weighted by Gasteiger charge is 2.34. The van der Waals surface area contributed by atoms with Gasteiger partial charge in [-0.15, -0.1) is 36.2 Å². The summed E-state index contributed by atoms with van der Waals surface area (Å²) in [5, 5.41) is 7.73. The first-order chi connectivity index (χ1) is 12.6. The predicted molar refractivity (Wildman–Crippen MR) is 118 cm³/mol. The van der Waals surface area contributed by atoms with Gasteiger partial charge in [-0.2, -0.15) is 0 Å². The first kappa shape index (κ1) is 22.9. The van der Waals surface area contributed by atoms with Gasteiger partial charge in [-0.3, -0.25) is 4.79 Å². The summed E-state index contributed by atoms with van der Waals surface area (Å²) in [6.45, 7) is 4.53. The summed E-state index contributed by atoms with van der Waals surface area (Å²) in [7, 11) is 0. The van der Waals surface area contributed by atoms with E-state index in [-0.39, 0.29) is 36.8 Å². The van der Waals surface area contributed by atoms with Gasteiger partial charge >= 0.3 is 0 Å². The highest BCUT2D eigenvalue weighted by atomic mass is 35.5. The van der Waals surface area contributed by atoms with E-state index in [0.29, 0.717) is 18.7 Å². The molecule has 2 aromatic rings. The number of aryl methyl sites for hydroxylation is 1. The van der Waals surface area contributed by atoms with Gasteiger partial charge < -0.3 is 15.4 Å². The molecule has 2 saturated heterocycles. The smallest absolute Gasteiger partial charge is 0.263 e. The Morgan fingerprint density at radius 2 is 1.86 bits per heavy atom. The molecule has 3 heterocycles. The van der Waals surface area contributed by atoms with Gasteiger partial charge in [0.05, 0.1) is 12.3 Å². The molecule has 28 heavy (non-hydrogen) atoms. The number of fused-ring (bicyclic) bond motifs is 2. The van der Waals surface area contributed by atoms with Crippen LogP contribution in [0.1, 0.15) is 48.0 Å². The predicted octanol–water partition coefficient (Wildman–Crippen LogP) is 4.37. The van der Waals surface area contributed by atoms with Gasteiger partial charge in [0.15, 0.2) is 0 Å². The third-order valence-electron chi connectivity index (χ3n) is 5.22. The highest BCUT2D eigenvalue weighted by Crippen LogP contribution is 2.30. The number of hydrogen-bond donors (Lipinski definition) is 2. The number of thiazole rings is 1. The van der Waals surface area contributed by atoms with Crippen molar-refractivity contribution in [3.8, 4) is 16.3 Å². The molecule has 2 N–H and O–H groups in total. The van der Waals surface area contributed by atoms with Crippen molar-refractivity contribution in [1.82, 2.24) is 15.6 Å². The maximum absolute atomic E-state index is 12.8. The Balaban J connectivity index is 0.00000140. The number of nitrogens with zero attached hydrogens (tertiary/aromatic N) is 1. The minimum Gasteiger partial charge on any atom is -0.494 e. The third kappa shape index (κ3) is 4.98. The van der Waals surface area contributed by atoms with E-state index in [1.807, 2.05) is 38.1 Å². The number of ether oxygens (including phenoxy) is 1. The molecule has 0 saturated carbocycles. The van der Waals surface area contributed by atoms with E-state index in [1.54, 1.807) is 0 Å². The Bertz CT molecular complexity index is 785. The molecule has 8 heteroatoms. The molecule has 2 unspecified atom stereocenters. The summed E-state index contributed by atoms with van der Waals surface area (Å²) in [5.41, 5.74) is 1.81. The third-order valence-corrected chi connectivity index (χ3v) is 6.43. The van der Waals surface area contributed by atoms with Crippen LogP contribution in [0.4, 0.5) is 0 Å². The van der Waals surface area contributed by atoms with Crippen LogP contribution in [0, 0.1) is 6.92 Å². The molecule has 1 aromatic heterocycles. The van der Waals surface area contributed by atoms with Crippen molar-refractivity contribution >= 4 is 42.1 Å². The number of halogens is 2. The van der Waals surface area contributed by atoms with Crippen LogP contribution in [0.3, 0.4) is 0 Å². The lowest BCUT2D eigenvalue weighted by Crippen LogP contribution is -2.48.